The molecule has 2 aromatic rings. The van der Waals surface area contributed by atoms with Crippen LogP contribution in [-0.2, 0) is 33.8 Å². The van der Waals surface area contributed by atoms with Gasteiger partial charge in [0, 0.05) is 44.2 Å². The van der Waals surface area contributed by atoms with Gasteiger partial charge in [-0.2, -0.15) is 0 Å². The number of carbonyl (C=O) groups is 2. The van der Waals surface area contributed by atoms with E-state index in [0.29, 0.717) is 24.7 Å². The molecule has 1 saturated carbocycles. The highest BCUT2D eigenvalue weighted by molar-refractivity contribution is 6.31. The molecule has 1 fully saturated rings. The summed E-state index contributed by atoms with van der Waals surface area (Å²) in [7, 11) is 1.68. The van der Waals surface area contributed by atoms with Crippen molar-refractivity contribution in [3.63, 3.8) is 0 Å². The third-order valence-corrected chi connectivity index (χ3v) is 6.19. The lowest BCUT2D eigenvalue weighted by molar-refractivity contribution is -0.132. The standard InChI is InChI=1S/C28H37ClN2O4/c1-28(2,3)35-27(33)30(19-22-8-6-5-7-9-22)16-14-26(32)31(24-11-12-24)20-23-18-21(15-17-34-4)10-13-25(23)29/h5-10,13,18,24H,11-12,14-17,19-20H2,1-4H3. The minimum Gasteiger partial charge on any atom is -0.444 e. The molecule has 2 aromatic carbocycles. The van der Waals surface area contributed by atoms with Crippen LogP contribution in [0.2, 0.25) is 5.02 Å². The van der Waals surface area contributed by atoms with Crippen molar-refractivity contribution in [2.75, 3.05) is 20.3 Å². The van der Waals surface area contributed by atoms with Crippen molar-refractivity contribution in [1.29, 1.82) is 0 Å². The molecule has 2 amide bonds. The lowest BCUT2D eigenvalue weighted by Gasteiger charge is -2.29. The third-order valence-electron chi connectivity index (χ3n) is 5.82. The Bertz CT molecular complexity index is 986. The number of rotatable bonds is 11. The van der Waals surface area contributed by atoms with Crippen molar-refractivity contribution < 1.29 is 19.1 Å². The van der Waals surface area contributed by atoms with E-state index in [0.717, 1.165) is 36.0 Å². The van der Waals surface area contributed by atoms with Crippen LogP contribution in [0.5, 0.6) is 0 Å². The number of amides is 2. The molecule has 3 rings (SSSR count). The first-order valence-corrected chi connectivity index (χ1v) is 12.6. The highest BCUT2D eigenvalue weighted by atomic mass is 35.5. The maximum atomic E-state index is 13.3. The van der Waals surface area contributed by atoms with E-state index in [9.17, 15) is 9.59 Å². The molecular formula is C28H37ClN2O4. The molecule has 0 bridgehead atoms. The quantitative estimate of drug-likeness (QED) is 0.388. The Morgan fingerprint density at radius 1 is 1.03 bits per heavy atom. The number of ether oxygens (including phenoxy) is 2. The van der Waals surface area contributed by atoms with Crippen molar-refractivity contribution in [3.05, 3.63) is 70.2 Å². The van der Waals surface area contributed by atoms with Gasteiger partial charge in [0.25, 0.3) is 0 Å². The first kappa shape index (κ1) is 27.0. The fraction of sp³-hybridized carbons (Fsp3) is 0.500. The van der Waals surface area contributed by atoms with Gasteiger partial charge in [-0.1, -0.05) is 54.1 Å². The van der Waals surface area contributed by atoms with Crippen LogP contribution < -0.4 is 0 Å². The second-order valence-electron chi connectivity index (χ2n) is 10.1. The lowest BCUT2D eigenvalue weighted by atomic mass is 10.1. The van der Waals surface area contributed by atoms with E-state index in [-0.39, 0.29) is 24.9 Å². The van der Waals surface area contributed by atoms with Crippen molar-refractivity contribution >= 4 is 23.6 Å². The summed E-state index contributed by atoms with van der Waals surface area (Å²) >= 11 is 6.49. The molecule has 6 nitrogen and oxygen atoms in total. The SMILES string of the molecule is COCCc1ccc(Cl)c(CN(C(=O)CCN(Cc2ccccc2)C(=O)OC(C)(C)C)C2CC2)c1. The first-order chi connectivity index (χ1) is 16.7. The molecule has 0 N–H and O–H groups in total. The van der Waals surface area contributed by atoms with E-state index in [1.165, 1.54) is 0 Å². The van der Waals surface area contributed by atoms with Crippen molar-refractivity contribution in [2.45, 2.75) is 71.2 Å². The lowest BCUT2D eigenvalue weighted by Crippen LogP contribution is -2.40. The highest BCUT2D eigenvalue weighted by Gasteiger charge is 2.33. The Hall–Kier alpha value is -2.57. The summed E-state index contributed by atoms with van der Waals surface area (Å²) in [6.45, 7) is 7.30. The summed E-state index contributed by atoms with van der Waals surface area (Å²) in [5, 5.41) is 0.657. The van der Waals surface area contributed by atoms with Crippen molar-refractivity contribution in [3.8, 4) is 0 Å². The summed E-state index contributed by atoms with van der Waals surface area (Å²) in [6.07, 6.45) is 2.59. The second kappa shape index (κ2) is 12.4. The van der Waals surface area contributed by atoms with Gasteiger partial charge in [0.05, 0.1) is 6.61 Å². The van der Waals surface area contributed by atoms with Gasteiger partial charge in [-0.3, -0.25) is 4.79 Å². The molecule has 0 unspecified atom stereocenters. The average molecular weight is 501 g/mol. The van der Waals surface area contributed by atoms with Gasteiger partial charge in [-0.05, 0) is 62.8 Å². The fourth-order valence-corrected chi connectivity index (χ4v) is 4.03. The Balaban J connectivity index is 1.69. The number of carbonyl (C=O) groups excluding carboxylic acids is 2. The summed E-state index contributed by atoms with van der Waals surface area (Å²) in [5.74, 6) is 0.0208. The molecule has 0 aromatic heterocycles. The van der Waals surface area contributed by atoms with E-state index in [1.54, 1.807) is 12.0 Å². The van der Waals surface area contributed by atoms with Crippen LogP contribution in [0.1, 0.15) is 56.7 Å². The van der Waals surface area contributed by atoms with E-state index in [2.05, 4.69) is 6.07 Å². The zero-order chi connectivity index (χ0) is 25.4. The zero-order valence-corrected chi connectivity index (χ0v) is 22.0. The number of methoxy groups -OCH3 is 1. The molecule has 0 radical (unpaired) electrons. The highest BCUT2D eigenvalue weighted by Crippen LogP contribution is 2.31. The largest absolute Gasteiger partial charge is 0.444 e. The van der Waals surface area contributed by atoms with Crippen LogP contribution in [-0.4, -0.2) is 53.7 Å². The number of hydrogen-bond donors (Lipinski definition) is 0. The van der Waals surface area contributed by atoms with Gasteiger partial charge in [0.2, 0.25) is 5.91 Å². The predicted molar refractivity (Wildman–Crippen MR) is 138 cm³/mol. The van der Waals surface area contributed by atoms with Crippen LogP contribution in [0.15, 0.2) is 48.5 Å². The normalized spacial score (nSPS) is 13.4. The summed E-state index contributed by atoms with van der Waals surface area (Å²) < 4.78 is 10.8. The Kier molecular flexibility index (Phi) is 9.58. The molecule has 35 heavy (non-hydrogen) atoms. The van der Waals surface area contributed by atoms with E-state index in [1.807, 2.05) is 68.1 Å². The van der Waals surface area contributed by atoms with Crippen LogP contribution >= 0.6 is 11.6 Å². The van der Waals surface area contributed by atoms with Gasteiger partial charge in [0.1, 0.15) is 5.60 Å². The Morgan fingerprint density at radius 3 is 2.37 bits per heavy atom. The van der Waals surface area contributed by atoms with Gasteiger partial charge < -0.3 is 19.3 Å². The zero-order valence-electron chi connectivity index (χ0n) is 21.3. The van der Waals surface area contributed by atoms with Crippen LogP contribution in [0.3, 0.4) is 0 Å². The van der Waals surface area contributed by atoms with Crippen molar-refractivity contribution in [1.82, 2.24) is 9.80 Å². The molecule has 0 atom stereocenters. The van der Waals surface area contributed by atoms with E-state index >= 15 is 0 Å². The molecule has 1 aliphatic rings. The maximum Gasteiger partial charge on any atom is 0.410 e. The van der Waals surface area contributed by atoms with Gasteiger partial charge in [-0.15, -0.1) is 0 Å². The number of hydrogen-bond acceptors (Lipinski definition) is 4. The Labute approximate surface area is 214 Å². The van der Waals surface area contributed by atoms with Crippen molar-refractivity contribution in [2.24, 2.45) is 0 Å². The monoisotopic (exact) mass is 500 g/mol. The second-order valence-corrected chi connectivity index (χ2v) is 10.5. The molecule has 7 heteroatoms. The molecular weight excluding hydrogens is 464 g/mol. The summed E-state index contributed by atoms with van der Waals surface area (Å²) in [4.78, 5) is 29.8. The van der Waals surface area contributed by atoms with Crippen LogP contribution in [0.4, 0.5) is 4.79 Å². The Morgan fingerprint density at radius 2 is 1.74 bits per heavy atom. The van der Waals surface area contributed by atoms with Gasteiger partial charge in [-0.25, -0.2) is 4.79 Å². The minimum absolute atomic E-state index is 0.0208. The smallest absolute Gasteiger partial charge is 0.410 e. The van der Waals surface area contributed by atoms with E-state index in [4.69, 9.17) is 21.1 Å². The maximum absolute atomic E-state index is 13.3. The summed E-state index contributed by atoms with van der Waals surface area (Å²) in [5.41, 5.74) is 2.45. The van der Waals surface area contributed by atoms with Crippen LogP contribution in [0, 0.1) is 0 Å². The fourth-order valence-electron chi connectivity index (χ4n) is 3.85. The third kappa shape index (κ3) is 8.86. The first-order valence-electron chi connectivity index (χ1n) is 12.2. The van der Waals surface area contributed by atoms with Crippen LogP contribution in [0.25, 0.3) is 0 Å². The van der Waals surface area contributed by atoms with E-state index < -0.39 is 11.7 Å². The number of halogens is 1. The average Bonchev–Trinajstić information content (AvgIpc) is 3.65. The predicted octanol–water partition coefficient (Wildman–Crippen LogP) is 5.85. The van der Waals surface area contributed by atoms with Gasteiger partial charge >= 0.3 is 6.09 Å². The topological polar surface area (TPSA) is 59.1 Å². The molecule has 0 spiro atoms. The molecule has 0 aliphatic heterocycles. The molecule has 0 saturated heterocycles. The number of nitrogens with zero attached hydrogens (tertiary/aromatic N) is 2. The molecule has 0 heterocycles. The minimum atomic E-state index is -0.610. The molecule has 190 valence electrons. The number of benzene rings is 2. The molecule has 1 aliphatic carbocycles. The van der Waals surface area contributed by atoms with Gasteiger partial charge in [0.15, 0.2) is 0 Å². The summed E-state index contributed by atoms with van der Waals surface area (Å²) in [6, 6.07) is 15.9.